The third-order valence-electron chi connectivity index (χ3n) is 5.50. The number of nitrogens with one attached hydrogen (secondary N) is 1. The van der Waals surface area contributed by atoms with E-state index in [4.69, 9.17) is 15.9 Å². The van der Waals surface area contributed by atoms with E-state index in [9.17, 15) is 19.2 Å². The first-order chi connectivity index (χ1) is 13.7. The minimum atomic E-state index is -1.42. The van der Waals surface area contributed by atoms with E-state index in [0.29, 0.717) is 45.2 Å². The van der Waals surface area contributed by atoms with Crippen LogP contribution < -0.4 is 11.1 Å². The van der Waals surface area contributed by atoms with Crippen molar-refractivity contribution in [1.82, 2.24) is 15.1 Å². The van der Waals surface area contributed by atoms with E-state index in [1.807, 2.05) is 13.8 Å². The average molecular weight is 412 g/mol. The summed E-state index contributed by atoms with van der Waals surface area (Å²) in [5, 5.41) is 20.4. The number of hydrogen-bond acceptors (Lipinski definition) is 6. The van der Waals surface area contributed by atoms with Crippen LogP contribution in [0.5, 0.6) is 0 Å². The van der Waals surface area contributed by atoms with Gasteiger partial charge < -0.3 is 31.1 Å². The number of hydrogen-bond donors (Lipinski definition) is 4. The molecule has 2 aliphatic rings. The molecule has 10 nitrogen and oxygen atoms in total. The largest absolute Gasteiger partial charge is 0.480 e. The molecule has 10 heteroatoms. The number of carbonyl (C=O) groups is 4. The number of nitrogens with two attached hydrogens (primary N) is 1. The summed E-state index contributed by atoms with van der Waals surface area (Å²) in [6.45, 7) is 4.04. The van der Waals surface area contributed by atoms with E-state index in [1.54, 1.807) is 0 Å². The fourth-order valence-corrected chi connectivity index (χ4v) is 4.06. The maximum atomic E-state index is 13.2. The minimum Gasteiger partial charge on any atom is -0.480 e. The topological polar surface area (TPSA) is 153 Å². The molecule has 2 rings (SSSR count). The minimum absolute atomic E-state index is 0.249. The Bertz CT molecular complexity index is 640. The van der Waals surface area contributed by atoms with Crippen LogP contribution in [0, 0.1) is 5.92 Å². The molecular formula is C19H32N4O6. The molecule has 2 fully saturated rings. The Kier molecular flexibility index (Phi) is 7.97. The van der Waals surface area contributed by atoms with Crippen molar-refractivity contribution in [3.05, 3.63) is 0 Å². The summed E-state index contributed by atoms with van der Waals surface area (Å²) in [4.78, 5) is 52.4. The molecule has 0 saturated carbocycles. The number of carboxylic acid groups (broad SMARTS) is 1. The summed E-state index contributed by atoms with van der Waals surface area (Å²) in [5.74, 6) is -2.25. The summed E-state index contributed by atoms with van der Waals surface area (Å²) in [6.07, 6.45) is 2.74. The number of carbonyl (C=O) groups excluding carboxylic acids is 3. The van der Waals surface area contributed by atoms with E-state index >= 15 is 0 Å². The molecule has 3 amide bonds. The third-order valence-corrected chi connectivity index (χ3v) is 5.50. The van der Waals surface area contributed by atoms with Crippen molar-refractivity contribution in [2.24, 2.45) is 11.7 Å². The SMILES string of the molecule is CC(C)C[C@H](N)C(=O)N1CCC[C@H]1C(=O)N1CCC[C@H]1C(=O)N[C@@H](CO)C(=O)O. The maximum Gasteiger partial charge on any atom is 0.328 e. The van der Waals surface area contributed by atoms with Crippen LogP contribution in [-0.2, 0) is 19.2 Å². The van der Waals surface area contributed by atoms with Crippen molar-refractivity contribution < 1.29 is 29.4 Å². The molecule has 0 bridgehead atoms. The number of aliphatic carboxylic acids is 1. The van der Waals surface area contributed by atoms with Gasteiger partial charge in [-0.2, -0.15) is 0 Å². The van der Waals surface area contributed by atoms with E-state index in [-0.39, 0.29) is 17.7 Å². The van der Waals surface area contributed by atoms with Crippen molar-refractivity contribution >= 4 is 23.7 Å². The first-order valence-electron chi connectivity index (χ1n) is 10.2. The van der Waals surface area contributed by atoms with Crippen molar-refractivity contribution in [3.8, 4) is 0 Å². The van der Waals surface area contributed by atoms with E-state index < -0.39 is 42.7 Å². The molecule has 0 spiro atoms. The second kappa shape index (κ2) is 10.0. The van der Waals surface area contributed by atoms with Gasteiger partial charge in [-0.3, -0.25) is 14.4 Å². The normalized spacial score (nSPS) is 23.9. The summed E-state index contributed by atoms with van der Waals surface area (Å²) >= 11 is 0. The number of nitrogens with zero attached hydrogens (tertiary/aromatic N) is 2. The summed E-state index contributed by atoms with van der Waals surface area (Å²) in [7, 11) is 0. The molecule has 0 aromatic carbocycles. The molecule has 0 unspecified atom stereocenters. The Morgan fingerprint density at radius 3 is 2.21 bits per heavy atom. The van der Waals surface area contributed by atoms with Crippen LogP contribution in [0.25, 0.3) is 0 Å². The van der Waals surface area contributed by atoms with Gasteiger partial charge in [0.25, 0.3) is 0 Å². The number of amides is 3. The summed E-state index contributed by atoms with van der Waals surface area (Å²) in [5.41, 5.74) is 6.03. The van der Waals surface area contributed by atoms with Gasteiger partial charge in [0.15, 0.2) is 0 Å². The average Bonchev–Trinajstić information content (AvgIpc) is 3.33. The molecule has 2 saturated heterocycles. The van der Waals surface area contributed by atoms with E-state index in [1.165, 1.54) is 9.80 Å². The fourth-order valence-electron chi connectivity index (χ4n) is 4.06. The highest BCUT2D eigenvalue weighted by Gasteiger charge is 2.43. The van der Waals surface area contributed by atoms with Crippen molar-refractivity contribution in [1.29, 1.82) is 0 Å². The highest BCUT2D eigenvalue weighted by molar-refractivity contribution is 5.94. The smallest absolute Gasteiger partial charge is 0.328 e. The van der Waals surface area contributed by atoms with Crippen molar-refractivity contribution in [3.63, 3.8) is 0 Å². The molecular weight excluding hydrogens is 380 g/mol. The van der Waals surface area contributed by atoms with Gasteiger partial charge in [-0.05, 0) is 38.0 Å². The van der Waals surface area contributed by atoms with Crippen LogP contribution >= 0.6 is 0 Å². The van der Waals surface area contributed by atoms with E-state index in [2.05, 4.69) is 5.32 Å². The van der Waals surface area contributed by atoms with Gasteiger partial charge in [0, 0.05) is 13.1 Å². The number of aliphatic hydroxyl groups excluding tert-OH is 1. The zero-order chi connectivity index (χ0) is 21.7. The van der Waals surface area contributed by atoms with Crippen LogP contribution in [0.15, 0.2) is 0 Å². The molecule has 164 valence electrons. The predicted octanol–water partition coefficient (Wildman–Crippen LogP) is -1.10. The van der Waals surface area contributed by atoms with Gasteiger partial charge in [-0.1, -0.05) is 13.8 Å². The second-order valence-electron chi connectivity index (χ2n) is 8.20. The van der Waals surface area contributed by atoms with Crippen molar-refractivity contribution in [2.45, 2.75) is 70.1 Å². The third kappa shape index (κ3) is 5.45. The Labute approximate surface area is 170 Å². The van der Waals surface area contributed by atoms with Gasteiger partial charge in [0.05, 0.1) is 12.6 Å². The molecule has 0 aromatic heterocycles. The highest BCUT2D eigenvalue weighted by Crippen LogP contribution is 2.26. The number of likely N-dealkylation sites (tertiary alicyclic amines) is 2. The Hall–Kier alpha value is -2.20. The zero-order valence-electron chi connectivity index (χ0n) is 17.0. The highest BCUT2D eigenvalue weighted by atomic mass is 16.4. The van der Waals surface area contributed by atoms with Gasteiger partial charge >= 0.3 is 5.97 Å². The Morgan fingerprint density at radius 1 is 1.07 bits per heavy atom. The molecule has 2 aliphatic heterocycles. The van der Waals surface area contributed by atoms with Crippen LogP contribution in [0.4, 0.5) is 0 Å². The van der Waals surface area contributed by atoms with Crippen LogP contribution in [0.3, 0.4) is 0 Å². The van der Waals surface area contributed by atoms with Crippen LogP contribution in [-0.4, -0.2) is 87.6 Å². The van der Waals surface area contributed by atoms with Gasteiger partial charge in [0.2, 0.25) is 17.7 Å². The van der Waals surface area contributed by atoms with Crippen LogP contribution in [0.1, 0.15) is 46.0 Å². The first-order valence-corrected chi connectivity index (χ1v) is 10.2. The fraction of sp³-hybridized carbons (Fsp3) is 0.789. The second-order valence-corrected chi connectivity index (χ2v) is 8.20. The standard InChI is InChI=1S/C19H32N4O6/c1-11(2)9-12(20)17(26)23-8-4-6-15(23)18(27)22-7-3-5-14(22)16(25)21-13(10-24)19(28)29/h11-15,24H,3-10,20H2,1-2H3,(H,21,25)(H,28,29)/t12-,13-,14-,15-/m0/s1. The quantitative estimate of drug-likeness (QED) is 0.395. The predicted molar refractivity (Wildman–Crippen MR) is 104 cm³/mol. The van der Waals surface area contributed by atoms with Crippen LogP contribution in [0.2, 0.25) is 0 Å². The summed E-state index contributed by atoms with van der Waals surface area (Å²) in [6, 6.07) is -3.54. The number of rotatable bonds is 8. The Balaban J connectivity index is 2.08. The first kappa shape index (κ1) is 23.1. The maximum absolute atomic E-state index is 13.2. The molecule has 0 aromatic rings. The molecule has 0 radical (unpaired) electrons. The molecule has 2 heterocycles. The van der Waals surface area contributed by atoms with E-state index in [0.717, 1.165) is 0 Å². The molecule has 4 atom stereocenters. The monoisotopic (exact) mass is 412 g/mol. The number of carboxylic acids is 1. The molecule has 29 heavy (non-hydrogen) atoms. The van der Waals surface area contributed by atoms with Crippen molar-refractivity contribution in [2.75, 3.05) is 19.7 Å². The molecule has 5 N–H and O–H groups in total. The zero-order valence-corrected chi connectivity index (χ0v) is 17.0. The Morgan fingerprint density at radius 2 is 1.66 bits per heavy atom. The van der Waals surface area contributed by atoms with Gasteiger partial charge in [-0.25, -0.2) is 4.79 Å². The van der Waals surface area contributed by atoms with Gasteiger partial charge in [0.1, 0.15) is 18.1 Å². The summed E-state index contributed by atoms with van der Waals surface area (Å²) < 4.78 is 0. The molecule has 0 aliphatic carbocycles. The lowest BCUT2D eigenvalue weighted by Gasteiger charge is -2.32. The lowest BCUT2D eigenvalue weighted by molar-refractivity contribution is -0.148. The lowest BCUT2D eigenvalue weighted by atomic mass is 10.0. The van der Waals surface area contributed by atoms with Gasteiger partial charge in [-0.15, -0.1) is 0 Å². The lowest BCUT2D eigenvalue weighted by Crippen LogP contribution is -2.56. The number of aliphatic hydroxyl groups is 1.